The lowest BCUT2D eigenvalue weighted by molar-refractivity contribution is -0.105. The van der Waals surface area contributed by atoms with E-state index in [1.165, 1.54) is 0 Å². The van der Waals surface area contributed by atoms with Crippen molar-refractivity contribution < 1.29 is 14.3 Å². The highest BCUT2D eigenvalue weighted by molar-refractivity contribution is 5.74. The van der Waals surface area contributed by atoms with Gasteiger partial charge in [0, 0.05) is 0 Å². The van der Waals surface area contributed by atoms with Crippen LogP contribution in [0.1, 0.15) is 20.8 Å². The second kappa shape index (κ2) is 3.95. The van der Waals surface area contributed by atoms with Gasteiger partial charge < -0.3 is 14.8 Å². The summed E-state index contributed by atoms with van der Waals surface area (Å²) in [5.74, 6) is 0. The van der Waals surface area contributed by atoms with Crippen molar-refractivity contribution in [3.8, 4) is 0 Å². The molecule has 63 valence electrons. The molecule has 4 heteroatoms. The Morgan fingerprint density at radius 3 is 2.36 bits per heavy atom. The number of hydrogen-bond acceptors (Lipinski definition) is 3. The molecule has 11 heavy (non-hydrogen) atoms. The monoisotopic (exact) mass is 158 g/mol. The highest BCUT2D eigenvalue weighted by atomic mass is 16.6. The molecule has 0 atom stereocenters. The number of amides is 1. The van der Waals surface area contributed by atoms with Crippen molar-refractivity contribution in [3.05, 3.63) is 6.54 Å². The van der Waals surface area contributed by atoms with E-state index in [4.69, 9.17) is 4.74 Å². The fourth-order valence-electron chi connectivity index (χ4n) is 0.410. The number of hydrogen-bond donors (Lipinski definition) is 1. The van der Waals surface area contributed by atoms with Crippen LogP contribution in [0.25, 0.3) is 0 Å². The van der Waals surface area contributed by atoms with Gasteiger partial charge in [-0.3, -0.25) is 0 Å². The Morgan fingerprint density at radius 1 is 1.45 bits per heavy atom. The molecule has 0 unspecified atom stereocenters. The molecule has 4 nitrogen and oxygen atoms in total. The van der Waals surface area contributed by atoms with Crippen LogP contribution in [0.3, 0.4) is 0 Å². The largest absolute Gasteiger partial charge is 0.444 e. The first-order valence-corrected chi connectivity index (χ1v) is 3.22. The third-order valence-corrected chi connectivity index (χ3v) is 0.668. The quantitative estimate of drug-likeness (QED) is 0.607. The fraction of sp³-hybridized carbons (Fsp3) is 0.571. The molecule has 0 heterocycles. The SMILES string of the molecule is CC(C)(C)OC(=O)N[CH]C=O. The molecule has 0 aromatic carbocycles. The van der Waals surface area contributed by atoms with Crippen molar-refractivity contribution in [2.45, 2.75) is 26.4 Å². The number of nitrogens with one attached hydrogen (secondary N) is 1. The molecule has 0 spiro atoms. The van der Waals surface area contributed by atoms with Crippen LogP contribution < -0.4 is 5.32 Å². The van der Waals surface area contributed by atoms with Gasteiger partial charge in [0.05, 0.1) is 0 Å². The van der Waals surface area contributed by atoms with Crippen LogP contribution in [-0.4, -0.2) is 18.0 Å². The summed E-state index contributed by atoms with van der Waals surface area (Å²) in [5, 5.41) is 2.13. The van der Waals surface area contributed by atoms with E-state index in [0.29, 0.717) is 6.29 Å². The fourth-order valence-corrected chi connectivity index (χ4v) is 0.410. The molecule has 0 aromatic heterocycles. The van der Waals surface area contributed by atoms with E-state index in [9.17, 15) is 9.59 Å². The number of ether oxygens (including phenoxy) is 1. The van der Waals surface area contributed by atoms with Crippen molar-refractivity contribution in [1.29, 1.82) is 0 Å². The highest BCUT2D eigenvalue weighted by Crippen LogP contribution is 2.05. The molecule has 0 aromatic rings. The number of aldehydes is 1. The molecule has 1 radical (unpaired) electrons. The minimum atomic E-state index is -0.621. The van der Waals surface area contributed by atoms with Gasteiger partial charge in [0.1, 0.15) is 18.4 Å². The first-order chi connectivity index (χ1) is 4.95. The van der Waals surface area contributed by atoms with Gasteiger partial charge in [0.2, 0.25) is 0 Å². The summed E-state index contributed by atoms with van der Waals surface area (Å²) < 4.78 is 4.80. The molecule has 0 rings (SSSR count). The summed E-state index contributed by atoms with van der Waals surface area (Å²) in [7, 11) is 0. The molecule has 1 amide bonds. The average molecular weight is 158 g/mol. The summed E-state index contributed by atoms with van der Waals surface area (Å²) >= 11 is 0. The molecule has 0 bridgehead atoms. The van der Waals surface area contributed by atoms with Crippen molar-refractivity contribution in [2.24, 2.45) is 0 Å². The zero-order valence-corrected chi connectivity index (χ0v) is 6.88. The summed E-state index contributed by atoms with van der Waals surface area (Å²) in [6, 6.07) is 0. The van der Waals surface area contributed by atoms with Gasteiger partial charge in [-0.25, -0.2) is 4.79 Å². The third-order valence-electron chi connectivity index (χ3n) is 0.668. The van der Waals surface area contributed by atoms with Crippen LogP contribution in [0.5, 0.6) is 0 Å². The van der Waals surface area contributed by atoms with Crippen molar-refractivity contribution >= 4 is 12.4 Å². The number of alkyl carbamates (subject to hydrolysis) is 1. The minimum absolute atomic E-state index is 0.476. The Labute approximate surface area is 65.9 Å². The molecular formula is C7H12NO3. The van der Waals surface area contributed by atoms with Gasteiger partial charge in [-0.15, -0.1) is 0 Å². The minimum Gasteiger partial charge on any atom is -0.444 e. The molecule has 0 aliphatic rings. The van der Waals surface area contributed by atoms with Gasteiger partial charge in [-0.2, -0.15) is 0 Å². The highest BCUT2D eigenvalue weighted by Gasteiger charge is 2.15. The lowest BCUT2D eigenvalue weighted by atomic mass is 10.2. The van der Waals surface area contributed by atoms with Gasteiger partial charge >= 0.3 is 6.09 Å². The van der Waals surface area contributed by atoms with Crippen LogP contribution in [-0.2, 0) is 9.53 Å². The van der Waals surface area contributed by atoms with E-state index < -0.39 is 11.7 Å². The summed E-state index contributed by atoms with van der Waals surface area (Å²) in [6.45, 7) is 6.21. The van der Waals surface area contributed by atoms with Crippen LogP contribution in [0.15, 0.2) is 0 Å². The second-order valence-electron chi connectivity index (χ2n) is 2.95. The number of rotatable bonds is 2. The Hall–Kier alpha value is -1.06. The molecular weight excluding hydrogens is 146 g/mol. The van der Waals surface area contributed by atoms with Gasteiger partial charge in [0.15, 0.2) is 0 Å². The lowest BCUT2D eigenvalue weighted by Gasteiger charge is -2.18. The molecule has 0 saturated carbocycles. The van der Waals surface area contributed by atoms with Gasteiger partial charge in [-0.05, 0) is 20.8 Å². The predicted octanol–water partition coefficient (Wildman–Crippen LogP) is 0.872. The normalized spacial score (nSPS) is 10.5. The second-order valence-corrected chi connectivity index (χ2v) is 2.95. The van der Waals surface area contributed by atoms with E-state index in [-0.39, 0.29) is 0 Å². The van der Waals surface area contributed by atoms with Crippen molar-refractivity contribution in [2.75, 3.05) is 0 Å². The Kier molecular flexibility index (Phi) is 3.57. The van der Waals surface area contributed by atoms with E-state index in [0.717, 1.165) is 6.54 Å². The summed E-state index contributed by atoms with van der Waals surface area (Å²) in [5.41, 5.74) is -0.527. The summed E-state index contributed by atoms with van der Waals surface area (Å²) in [4.78, 5) is 20.4. The first-order valence-electron chi connectivity index (χ1n) is 3.22. The predicted molar refractivity (Wildman–Crippen MR) is 39.7 cm³/mol. The average Bonchev–Trinajstić information content (AvgIpc) is 1.79. The van der Waals surface area contributed by atoms with Gasteiger partial charge in [0.25, 0.3) is 0 Å². The maximum Gasteiger partial charge on any atom is 0.408 e. The lowest BCUT2D eigenvalue weighted by Crippen LogP contribution is -2.31. The van der Waals surface area contributed by atoms with E-state index in [1.54, 1.807) is 20.8 Å². The van der Waals surface area contributed by atoms with Crippen molar-refractivity contribution in [3.63, 3.8) is 0 Å². The molecule has 0 aliphatic heterocycles. The number of carbonyl (C=O) groups excluding carboxylic acids is 2. The zero-order chi connectivity index (χ0) is 8.91. The maximum atomic E-state index is 10.7. The zero-order valence-electron chi connectivity index (χ0n) is 6.88. The van der Waals surface area contributed by atoms with E-state index >= 15 is 0 Å². The van der Waals surface area contributed by atoms with Gasteiger partial charge in [-0.1, -0.05) is 0 Å². The molecule has 0 saturated heterocycles. The van der Waals surface area contributed by atoms with Crippen LogP contribution >= 0.6 is 0 Å². The number of carbonyl (C=O) groups is 2. The maximum absolute atomic E-state index is 10.7. The third kappa shape index (κ3) is 6.83. The Morgan fingerprint density at radius 2 is 2.00 bits per heavy atom. The summed E-state index contributed by atoms with van der Waals surface area (Å²) in [6.07, 6.45) is -0.145. The Bertz CT molecular complexity index is 148. The van der Waals surface area contributed by atoms with Crippen LogP contribution in [0, 0.1) is 6.54 Å². The van der Waals surface area contributed by atoms with Crippen molar-refractivity contribution in [1.82, 2.24) is 5.32 Å². The Balaban J connectivity index is 3.61. The molecule has 0 aliphatic carbocycles. The standard InChI is InChI=1S/C7H12NO3/c1-7(2,3)11-6(10)8-4-5-9/h4-5H,1-3H3,(H,8,10). The molecule has 1 N–H and O–H groups in total. The topological polar surface area (TPSA) is 55.4 Å². The van der Waals surface area contributed by atoms with Crippen LogP contribution in [0.4, 0.5) is 4.79 Å². The smallest absolute Gasteiger partial charge is 0.408 e. The van der Waals surface area contributed by atoms with E-state index in [2.05, 4.69) is 5.32 Å². The van der Waals surface area contributed by atoms with Crippen LogP contribution in [0.2, 0.25) is 0 Å². The first kappa shape index (κ1) is 9.94. The van der Waals surface area contributed by atoms with E-state index in [1.807, 2.05) is 0 Å². The molecule has 0 fully saturated rings.